The molecule has 3 rings (SSSR count). The molecule has 96 valence electrons. The lowest BCUT2D eigenvalue weighted by Gasteiger charge is -2.03. The van der Waals surface area contributed by atoms with Gasteiger partial charge < -0.3 is 9.84 Å². The molecule has 0 saturated carbocycles. The van der Waals surface area contributed by atoms with Gasteiger partial charge in [-0.25, -0.2) is 0 Å². The zero-order valence-corrected chi connectivity index (χ0v) is 11.3. The fourth-order valence-electron chi connectivity index (χ4n) is 2.04. The largest absolute Gasteiger partial charge is 0.457 e. The van der Waals surface area contributed by atoms with Crippen molar-refractivity contribution >= 4 is 29.3 Å². The molecule has 2 aromatic carbocycles. The van der Waals surface area contributed by atoms with Gasteiger partial charge >= 0.3 is 0 Å². The minimum absolute atomic E-state index is 0.401. The number of benzene rings is 2. The lowest BCUT2D eigenvalue weighted by molar-refractivity contribution is 0.193. The number of aliphatic hydroxyl groups excluding tert-OH is 1. The number of aliphatic hydroxyl groups is 1. The van der Waals surface area contributed by atoms with E-state index in [2.05, 4.69) is 0 Å². The Morgan fingerprint density at radius 1 is 1.11 bits per heavy atom. The van der Waals surface area contributed by atoms with Gasteiger partial charge in [-0.2, -0.15) is 0 Å². The van der Waals surface area contributed by atoms with Crippen LogP contribution in [0.4, 0.5) is 0 Å². The van der Waals surface area contributed by atoms with Crippen molar-refractivity contribution in [2.24, 2.45) is 0 Å². The molecular weight excluding hydrogens is 283 g/mol. The highest BCUT2D eigenvalue weighted by molar-refractivity contribution is 6.35. The highest BCUT2D eigenvalue weighted by Crippen LogP contribution is 2.45. The van der Waals surface area contributed by atoms with Gasteiger partial charge in [0.1, 0.15) is 11.9 Å². The second kappa shape index (κ2) is 4.89. The maximum Gasteiger partial charge on any atom is 0.152 e. The van der Waals surface area contributed by atoms with Crippen LogP contribution in [0.5, 0.6) is 5.75 Å². The first kappa shape index (κ1) is 12.5. The van der Waals surface area contributed by atoms with Crippen LogP contribution < -0.4 is 4.74 Å². The first-order valence-corrected chi connectivity index (χ1v) is 6.52. The summed E-state index contributed by atoms with van der Waals surface area (Å²) in [7, 11) is 0. The third kappa shape index (κ3) is 2.35. The Labute approximate surface area is 120 Å². The fraction of sp³-hybridized carbons (Fsp3) is 0.0667. The molecule has 4 heteroatoms. The van der Waals surface area contributed by atoms with E-state index in [0.717, 1.165) is 5.56 Å². The van der Waals surface area contributed by atoms with E-state index in [-0.39, 0.29) is 0 Å². The molecule has 2 nitrogen and oxygen atoms in total. The van der Waals surface area contributed by atoms with Crippen LogP contribution in [0, 0.1) is 0 Å². The van der Waals surface area contributed by atoms with Crippen LogP contribution in [-0.4, -0.2) is 5.11 Å². The standard InChI is InChI=1S/C15H10Cl2O2/c16-10-7-11-14(18)13(19-15(11)12(17)8-10)6-9-4-2-1-3-5-9/h1-8,14,18H/b13-6-. The maximum atomic E-state index is 10.2. The molecule has 1 aliphatic heterocycles. The van der Waals surface area contributed by atoms with Crippen molar-refractivity contribution < 1.29 is 9.84 Å². The molecular formula is C15H10Cl2O2. The van der Waals surface area contributed by atoms with E-state index in [1.165, 1.54) is 0 Å². The summed E-state index contributed by atoms with van der Waals surface area (Å²) in [5, 5.41) is 11.1. The van der Waals surface area contributed by atoms with Crippen molar-refractivity contribution in [1.29, 1.82) is 0 Å². The summed E-state index contributed by atoms with van der Waals surface area (Å²) in [5.74, 6) is 0.922. The van der Waals surface area contributed by atoms with Crippen LogP contribution in [0.1, 0.15) is 17.2 Å². The summed E-state index contributed by atoms with van der Waals surface area (Å²) in [6.07, 6.45) is 0.945. The molecule has 1 unspecified atom stereocenters. The van der Waals surface area contributed by atoms with Crippen LogP contribution in [0.3, 0.4) is 0 Å². The molecule has 1 aliphatic rings. The Bertz CT molecular complexity index is 651. The van der Waals surface area contributed by atoms with Crippen molar-refractivity contribution in [3.8, 4) is 5.75 Å². The molecule has 0 bridgehead atoms. The molecule has 0 spiro atoms. The number of rotatable bonds is 1. The molecule has 0 aliphatic carbocycles. The lowest BCUT2D eigenvalue weighted by atomic mass is 10.1. The molecule has 1 atom stereocenters. The first-order chi connectivity index (χ1) is 9.15. The molecule has 0 amide bonds. The zero-order chi connectivity index (χ0) is 13.4. The van der Waals surface area contributed by atoms with E-state index < -0.39 is 6.10 Å². The lowest BCUT2D eigenvalue weighted by Crippen LogP contribution is -1.96. The van der Waals surface area contributed by atoms with Crippen LogP contribution in [0.25, 0.3) is 6.08 Å². The second-order valence-corrected chi connectivity index (χ2v) is 5.11. The highest BCUT2D eigenvalue weighted by Gasteiger charge is 2.30. The molecule has 1 N–H and O–H groups in total. The van der Waals surface area contributed by atoms with Gasteiger partial charge in [-0.15, -0.1) is 0 Å². The Kier molecular flexibility index (Phi) is 3.23. The molecule has 0 aromatic heterocycles. The van der Waals surface area contributed by atoms with E-state index in [4.69, 9.17) is 27.9 Å². The Balaban J connectivity index is 2.02. The summed E-state index contributed by atoms with van der Waals surface area (Å²) >= 11 is 12.0. The van der Waals surface area contributed by atoms with E-state index in [1.54, 1.807) is 18.2 Å². The van der Waals surface area contributed by atoms with Crippen molar-refractivity contribution in [3.05, 3.63) is 69.4 Å². The Morgan fingerprint density at radius 3 is 2.58 bits per heavy atom. The average Bonchev–Trinajstić information content (AvgIpc) is 2.69. The molecule has 2 aromatic rings. The summed E-state index contributed by atoms with van der Waals surface area (Å²) in [6, 6.07) is 12.9. The van der Waals surface area contributed by atoms with Gasteiger partial charge in [0, 0.05) is 10.6 Å². The SMILES string of the molecule is OC1/C(=C/c2ccccc2)Oc2c(Cl)cc(Cl)cc21. The summed E-state index contributed by atoms with van der Waals surface area (Å²) < 4.78 is 5.63. The summed E-state index contributed by atoms with van der Waals surface area (Å²) in [6.45, 7) is 0. The number of hydrogen-bond donors (Lipinski definition) is 1. The number of fused-ring (bicyclic) bond motifs is 1. The van der Waals surface area contributed by atoms with Crippen molar-refractivity contribution in [3.63, 3.8) is 0 Å². The second-order valence-electron chi connectivity index (χ2n) is 4.27. The molecule has 0 radical (unpaired) electrons. The van der Waals surface area contributed by atoms with Gasteiger partial charge in [0.2, 0.25) is 0 Å². The van der Waals surface area contributed by atoms with Crippen molar-refractivity contribution in [2.45, 2.75) is 6.10 Å². The Morgan fingerprint density at radius 2 is 1.84 bits per heavy atom. The molecule has 1 heterocycles. The first-order valence-electron chi connectivity index (χ1n) is 5.76. The molecule has 19 heavy (non-hydrogen) atoms. The average molecular weight is 293 g/mol. The Hall–Kier alpha value is -1.48. The van der Waals surface area contributed by atoms with Gasteiger partial charge in [0.15, 0.2) is 5.75 Å². The number of ether oxygens (including phenoxy) is 1. The topological polar surface area (TPSA) is 29.5 Å². The number of hydrogen-bond acceptors (Lipinski definition) is 2. The van der Waals surface area contributed by atoms with Crippen LogP contribution >= 0.6 is 23.2 Å². The summed E-state index contributed by atoms with van der Waals surface area (Å²) in [5.41, 5.74) is 1.55. The van der Waals surface area contributed by atoms with E-state index >= 15 is 0 Å². The maximum absolute atomic E-state index is 10.2. The van der Waals surface area contributed by atoms with Gasteiger partial charge in [0.25, 0.3) is 0 Å². The minimum Gasteiger partial charge on any atom is -0.457 e. The van der Waals surface area contributed by atoms with E-state index in [1.807, 2.05) is 30.3 Å². The van der Waals surface area contributed by atoms with Gasteiger partial charge in [-0.3, -0.25) is 0 Å². The van der Waals surface area contributed by atoms with Gasteiger partial charge in [0.05, 0.1) is 5.02 Å². The van der Waals surface area contributed by atoms with Gasteiger partial charge in [-0.1, -0.05) is 53.5 Å². The van der Waals surface area contributed by atoms with E-state index in [9.17, 15) is 5.11 Å². The van der Waals surface area contributed by atoms with Crippen molar-refractivity contribution in [1.82, 2.24) is 0 Å². The van der Waals surface area contributed by atoms with Gasteiger partial charge in [-0.05, 0) is 23.8 Å². The number of halogens is 2. The molecule has 0 fully saturated rings. The van der Waals surface area contributed by atoms with E-state index in [0.29, 0.717) is 27.1 Å². The smallest absolute Gasteiger partial charge is 0.152 e. The highest BCUT2D eigenvalue weighted by atomic mass is 35.5. The predicted molar refractivity (Wildman–Crippen MR) is 76.5 cm³/mol. The summed E-state index contributed by atoms with van der Waals surface area (Å²) in [4.78, 5) is 0. The quantitative estimate of drug-likeness (QED) is 0.841. The fourth-order valence-corrected chi connectivity index (χ4v) is 2.59. The minimum atomic E-state index is -0.841. The van der Waals surface area contributed by atoms with Crippen LogP contribution in [0.2, 0.25) is 10.0 Å². The zero-order valence-electron chi connectivity index (χ0n) is 9.81. The van der Waals surface area contributed by atoms with Crippen molar-refractivity contribution in [2.75, 3.05) is 0 Å². The normalized spacial score (nSPS) is 19.3. The third-order valence-corrected chi connectivity index (χ3v) is 3.43. The molecule has 0 saturated heterocycles. The predicted octanol–water partition coefficient (Wildman–Crippen LogP) is 4.46. The monoisotopic (exact) mass is 292 g/mol. The third-order valence-electron chi connectivity index (χ3n) is 2.93. The van der Waals surface area contributed by atoms with Crippen LogP contribution in [-0.2, 0) is 0 Å². The van der Waals surface area contributed by atoms with Crippen LogP contribution in [0.15, 0.2) is 48.2 Å².